The number of rotatable bonds is 5. The topological polar surface area (TPSA) is 72.5 Å². The van der Waals surface area contributed by atoms with Gasteiger partial charge in [-0.15, -0.1) is 0 Å². The highest BCUT2D eigenvalue weighted by Crippen LogP contribution is 2.31. The van der Waals surface area contributed by atoms with Crippen LogP contribution >= 0.6 is 10.7 Å². The van der Waals surface area contributed by atoms with Gasteiger partial charge in [-0.05, 0) is 30.9 Å². The van der Waals surface area contributed by atoms with Crippen molar-refractivity contribution < 1.29 is 22.3 Å². The number of nitrogens with one attached hydrogen (secondary N) is 1. The Labute approximate surface area is 126 Å². The minimum atomic E-state index is -4.22. The van der Waals surface area contributed by atoms with Gasteiger partial charge in [-0.2, -0.15) is 0 Å². The molecule has 1 amide bonds. The first-order valence-corrected chi connectivity index (χ1v) is 8.74. The lowest BCUT2D eigenvalue weighted by Gasteiger charge is -2.25. The molecule has 0 spiro atoms. The predicted octanol–water partition coefficient (Wildman–Crippen LogP) is 2.29. The second-order valence-corrected chi connectivity index (χ2v) is 7.47. The van der Waals surface area contributed by atoms with Crippen LogP contribution in [0.1, 0.15) is 29.6 Å². The number of ether oxygens (including phenoxy) is 1. The van der Waals surface area contributed by atoms with Crippen LogP contribution in [0.25, 0.3) is 0 Å². The summed E-state index contributed by atoms with van der Waals surface area (Å²) in [7, 11) is 2.15. The van der Waals surface area contributed by atoms with Crippen LogP contribution in [-0.2, 0) is 9.05 Å². The third kappa shape index (κ3) is 3.65. The maximum atomic E-state index is 13.8. The summed E-state index contributed by atoms with van der Waals surface area (Å²) in [6.07, 6.45) is 3.25. The first-order chi connectivity index (χ1) is 9.82. The van der Waals surface area contributed by atoms with E-state index < -0.39 is 31.4 Å². The summed E-state index contributed by atoms with van der Waals surface area (Å²) < 4.78 is 41.4. The van der Waals surface area contributed by atoms with Gasteiger partial charge in [0.2, 0.25) is 0 Å². The van der Waals surface area contributed by atoms with Crippen LogP contribution in [0.15, 0.2) is 17.0 Å². The number of carbonyl (C=O) groups is 1. The molecule has 1 aromatic rings. The summed E-state index contributed by atoms with van der Waals surface area (Å²) in [6.45, 7) is 0.495. The molecule has 0 unspecified atom stereocenters. The standard InChI is InChI=1S/C13H15ClFNO4S/c1-20-12-10(15)5-9(6-11(12)21(14,18)19)13(17)16-7-8-3-2-4-8/h5-6,8H,2-4,7H2,1H3,(H,16,17). The van der Waals surface area contributed by atoms with E-state index in [-0.39, 0.29) is 5.56 Å². The highest BCUT2D eigenvalue weighted by Gasteiger charge is 2.24. The van der Waals surface area contributed by atoms with Crippen LogP contribution in [0.5, 0.6) is 5.75 Å². The fourth-order valence-corrected chi connectivity index (χ4v) is 3.13. The molecule has 1 fully saturated rings. The number of methoxy groups -OCH3 is 1. The molecule has 116 valence electrons. The van der Waals surface area contributed by atoms with E-state index in [9.17, 15) is 17.6 Å². The Morgan fingerprint density at radius 2 is 2.14 bits per heavy atom. The van der Waals surface area contributed by atoms with E-state index in [1.54, 1.807) is 0 Å². The summed E-state index contributed by atoms with van der Waals surface area (Å²) in [5, 5.41) is 2.66. The summed E-state index contributed by atoms with van der Waals surface area (Å²) in [6, 6.07) is 1.95. The average molecular weight is 336 g/mol. The zero-order chi connectivity index (χ0) is 15.6. The van der Waals surface area contributed by atoms with Crippen molar-refractivity contribution in [3.8, 4) is 5.75 Å². The zero-order valence-electron chi connectivity index (χ0n) is 11.4. The molecule has 0 aliphatic heterocycles. The molecule has 0 bridgehead atoms. The molecule has 1 aromatic carbocycles. The zero-order valence-corrected chi connectivity index (χ0v) is 12.9. The number of carbonyl (C=O) groups excluding carboxylic acids is 1. The molecule has 0 saturated heterocycles. The van der Waals surface area contributed by atoms with Crippen molar-refractivity contribution in [2.75, 3.05) is 13.7 Å². The number of amides is 1. The van der Waals surface area contributed by atoms with E-state index in [4.69, 9.17) is 15.4 Å². The van der Waals surface area contributed by atoms with Gasteiger partial charge in [0.25, 0.3) is 15.0 Å². The molecule has 8 heteroatoms. The lowest BCUT2D eigenvalue weighted by molar-refractivity contribution is 0.0938. The van der Waals surface area contributed by atoms with Gasteiger partial charge in [-0.25, -0.2) is 12.8 Å². The van der Waals surface area contributed by atoms with Crippen LogP contribution in [0, 0.1) is 11.7 Å². The Balaban J connectivity index is 2.27. The van der Waals surface area contributed by atoms with E-state index in [0.717, 1.165) is 38.5 Å². The van der Waals surface area contributed by atoms with Gasteiger partial charge in [0.05, 0.1) is 7.11 Å². The lowest BCUT2D eigenvalue weighted by atomic mass is 9.85. The van der Waals surface area contributed by atoms with Gasteiger partial charge < -0.3 is 10.1 Å². The first kappa shape index (κ1) is 16.0. The van der Waals surface area contributed by atoms with Gasteiger partial charge in [-0.1, -0.05) is 6.42 Å². The molecule has 0 heterocycles. The minimum absolute atomic E-state index is 0.105. The Hall–Kier alpha value is -1.34. The quantitative estimate of drug-likeness (QED) is 0.838. The monoisotopic (exact) mass is 335 g/mol. The van der Waals surface area contributed by atoms with Crippen molar-refractivity contribution in [2.45, 2.75) is 24.2 Å². The molecule has 1 aliphatic carbocycles. The maximum absolute atomic E-state index is 13.8. The van der Waals surface area contributed by atoms with Crippen molar-refractivity contribution in [2.24, 2.45) is 5.92 Å². The SMILES string of the molecule is COc1c(F)cc(C(=O)NCC2CCC2)cc1S(=O)(=O)Cl. The molecule has 2 rings (SSSR count). The van der Waals surface area contributed by atoms with E-state index >= 15 is 0 Å². The summed E-state index contributed by atoms with van der Waals surface area (Å²) >= 11 is 0. The number of benzene rings is 1. The van der Waals surface area contributed by atoms with Gasteiger partial charge in [0.15, 0.2) is 11.6 Å². The first-order valence-electron chi connectivity index (χ1n) is 6.43. The van der Waals surface area contributed by atoms with Crippen LogP contribution in [-0.4, -0.2) is 28.0 Å². The molecular formula is C13H15ClFNO4S. The second-order valence-electron chi connectivity index (χ2n) is 4.93. The van der Waals surface area contributed by atoms with E-state index in [1.165, 1.54) is 0 Å². The number of hydrogen-bond donors (Lipinski definition) is 1. The molecule has 0 aromatic heterocycles. The second kappa shape index (κ2) is 6.19. The fraction of sp³-hybridized carbons (Fsp3) is 0.462. The Morgan fingerprint density at radius 3 is 2.62 bits per heavy atom. The maximum Gasteiger partial charge on any atom is 0.265 e. The summed E-state index contributed by atoms with van der Waals surface area (Å²) in [5.74, 6) is -1.55. The van der Waals surface area contributed by atoms with Gasteiger partial charge >= 0.3 is 0 Å². The average Bonchev–Trinajstić information content (AvgIpc) is 2.34. The van der Waals surface area contributed by atoms with Crippen LogP contribution in [0.4, 0.5) is 4.39 Å². The van der Waals surface area contributed by atoms with Gasteiger partial charge in [-0.3, -0.25) is 4.79 Å². The van der Waals surface area contributed by atoms with Crippen LogP contribution in [0.2, 0.25) is 0 Å². The third-order valence-corrected chi connectivity index (χ3v) is 4.84. The third-order valence-electron chi connectivity index (χ3n) is 3.51. The molecule has 0 atom stereocenters. The van der Waals surface area contributed by atoms with E-state index in [1.807, 2.05) is 0 Å². The Kier molecular flexibility index (Phi) is 4.73. The van der Waals surface area contributed by atoms with Gasteiger partial charge in [0, 0.05) is 22.8 Å². The minimum Gasteiger partial charge on any atom is -0.492 e. The highest BCUT2D eigenvalue weighted by molar-refractivity contribution is 8.13. The molecule has 1 saturated carbocycles. The number of halogens is 2. The number of hydrogen-bond acceptors (Lipinski definition) is 4. The molecule has 0 radical (unpaired) electrons. The van der Waals surface area contributed by atoms with Crippen molar-refractivity contribution in [3.63, 3.8) is 0 Å². The van der Waals surface area contributed by atoms with Crippen molar-refractivity contribution in [1.82, 2.24) is 5.32 Å². The van der Waals surface area contributed by atoms with Crippen molar-refractivity contribution in [1.29, 1.82) is 0 Å². The Bertz CT molecular complexity index is 658. The molecule has 1 N–H and O–H groups in total. The van der Waals surface area contributed by atoms with E-state index in [0.29, 0.717) is 12.5 Å². The predicted molar refractivity (Wildman–Crippen MR) is 75.7 cm³/mol. The summed E-state index contributed by atoms with van der Waals surface area (Å²) in [4.78, 5) is 11.4. The highest BCUT2D eigenvalue weighted by atomic mass is 35.7. The molecule has 5 nitrogen and oxygen atoms in total. The van der Waals surface area contributed by atoms with Crippen molar-refractivity contribution >= 4 is 25.6 Å². The normalized spacial score (nSPS) is 15.4. The van der Waals surface area contributed by atoms with Crippen LogP contribution < -0.4 is 10.1 Å². The largest absolute Gasteiger partial charge is 0.492 e. The van der Waals surface area contributed by atoms with Gasteiger partial charge in [0.1, 0.15) is 4.90 Å². The van der Waals surface area contributed by atoms with E-state index in [2.05, 4.69) is 5.32 Å². The molecular weight excluding hydrogens is 321 g/mol. The van der Waals surface area contributed by atoms with Crippen molar-refractivity contribution in [3.05, 3.63) is 23.5 Å². The lowest BCUT2D eigenvalue weighted by Crippen LogP contribution is -2.32. The molecule has 21 heavy (non-hydrogen) atoms. The Morgan fingerprint density at radius 1 is 1.48 bits per heavy atom. The smallest absolute Gasteiger partial charge is 0.265 e. The summed E-state index contributed by atoms with van der Waals surface area (Å²) in [5.41, 5.74) is -0.105. The van der Waals surface area contributed by atoms with Crippen LogP contribution in [0.3, 0.4) is 0 Å². The molecule has 1 aliphatic rings. The fourth-order valence-electron chi connectivity index (χ4n) is 2.11.